The zero-order valence-corrected chi connectivity index (χ0v) is 18.8. The van der Waals surface area contributed by atoms with Crippen LogP contribution < -0.4 is 0 Å². The highest BCUT2D eigenvalue weighted by Gasteiger charge is 2.38. The van der Waals surface area contributed by atoms with Gasteiger partial charge >= 0.3 is 0 Å². The Balaban J connectivity index is 1.44. The lowest BCUT2D eigenvalue weighted by Gasteiger charge is -2.40. The number of aromatic nitrogens is 1. The molecule has 33 heavy (non-hydrogen) atoms. The van der Waals surface area contributed by atoms with Crippen molar-refractivity contribution in [3.63, 3.8) is 0 Å². The number of amides is 2. The minimum absolute atomic E-state index is 0.0375. The Labute approximate surface area is 197 Å². The van der Waals surface area contributed by atoms with Gasteiger partial charge in [0, 0.05) is 42.0 Å². The van der Waals surface area contributed by atoms with Gasteiger partial charge in [-0.2, -0.15) is 0 Å². The summed E-state index contributed by atoms with van der Waals surface area (Å²) in [5.41, 5.74) is 3.45. The first-order valence-electron chi connectivity index (χ1n) is 11.0. The summed E-state index contributed by atoms with van der Waals surface area (Å²) in [4.78, 5) is 33.9. The maximum atomic E-state index is 13.6. The Kier molecular flexibility index (Phi) is 5.88. The van der Waals surface area contributed by atoms with Crippen LogP contribution in [0.4, 0.5) is 0 Å². The van der Waals surface area contributed by atoms with Gasteiger partial charge in [0.15, 0.2) is 0 Å². The average molecular weight is 458 g/mol. The summed E-state index contributed by atoms with van der Waals surface area (Å²) in [6, 6.07) is 26.5. The Bertz CT molecular complexity index is 1250. The number of rotatable bonds is 5. The molecule has 0 aliphatic carbocycles. The molecule has 2 heterocycles. The standard InChI is InChI=1S/C27H24ClN3O2/c28-22-12-10-19(11-13-22)16-25-27(33)30(18-20-6-2-1-3-7-20)14-15-31(25)26(32)24-17-21-8-4-5-9-23(21)29-24/h1-13,17,25,29H,14-16,18H2/t25-/m0/s1. The number of nitrogens with one attached hydrogen (secondary N) is 1. The van der Waals surface area contributed by atoms with E-state index in [-0.39, 0.29) is 11.8 Å². The number of nitrogens with zero attached hydrogens (tertiary/aromatic N) is 2. The molecule has 2 amide bonds. The number of hydrogen-bond acceptors (Lipinski definition) is 2. The van der Waals surface area contributed by atoms with Crippen LogP contribution >= 0.6 is 11.6 Å². The highest BCUT2D eigenvalue weighted by Crippen LogP contribution is 2.23. The van der Waals surface area contributed by atoms with Crippen molar-refractivity contribution in [3.8, 4) is 0 Å². The maximum absolute atomic E-state index is 13.6. The second-order valence-electron chi connectivity index (χ2n) is 8.36. The third-order valence-corrected chi connectivity index (χ3v) is 6.42. The number of H-pyrrole nitrogens is 1. The molecular formula is C27H24ClN3O2. The highest BCUT2D eigenvalue weighted by atomic mass is 35.5. The fourth-order valence-corrected chi connectivity index (χ4v) is 4.55. The summed E-state index contributed by atoms with van der Waals surface area (Å²) >= 11 is 6.05. The van der Waals surface area contributed by atoms with Crippen LogP contribution in [0, 0.1) is 0 Å². The lowest BCUT2D eigenvalue weighted by atomic mass is 10.00. The third-order valence-electron chi connectivity index (χ3n) is 6.16. The summed E-state index contributed by atoms with van der Waals surface area (Å²) in [5.74, 6) is -0.192. The number of halogens is 1. The summed E-state index contributed by atoms with van der Waals surface area (Å²) in [5, 5.41) is 1.62. The fraction of sp³-hybridized carbons (Fsp3) is 0.185. The molecule has 0 spiro atoms. The quantitative estimate of drug-likeness (QED) is 0.462. The number of para-hydroxylation sites is 1. The number of benzene rings is 3. The van der Waals surface area contributed by atoms with Gasteiger partial charge in [0.05, 0.1) is 0 Å². The first-order chi connectivity index (χ1) is 16.1. The minimum atomic E-state index is -0.581. The van der Waals surface area contributed by atoms with Crippen molar-refractivity contribution in [3.05, 3.63) is 107 Å². The van der Waals surface area contributed by atoms with Crippen LogP contribution in [-0.2, 0) is 17.8 Å². The molecule has 1 aliphatic rings. The van der Waals surface area contributed by atoms with E-state index in [4.69, 9.17) is 11.6 Å². The Hall–Kier alpha value is -3.57. The van der Waals surface area contributed by atoms with E-state index >= 15 is 0 Å². The second-order valence-corrected chi connectivity index (χ2v) is 8.80. The molecule has 1 aliphatic heterocycles. The van der Waals surface area contributed by atoms with E-state index in [0.29, 0.717) is 36.8 Å². The van der Waals surface area contributed by atoms with Crippen LogP contribution in [0.15, 0.2) is 84.9 Å². The largest absolute Gasteiger partial charge is 0.351 e. The number of piperazine rings is 1. The molecule has 1 saturated heterocycles. The van der Waals surface area contributed by atoms with Crippen LogP contribution in [0.3, 0.4) is 0 Å². The number of carbonyl (C=O) groups excluding carboxylic acids is 2. The second kappa shape index (κ2) is 9.12. The van der Waals surface area contributed by atoms with E-state index in [0.717, 1.165) is 22.0 Å². The Morgan fingerprint density at radius 1 is 0.909 bits per heavy atom. The van der Waals surface area contributed by atoms with E-state index in [1.807, 2.05) is 89.8 Å². The van der Waals surface area contributed by atoms with Crippen LogP contribution in [0.5, 0.6) is 0 Å². The molecule has 0 unspecified atom stereocenters. The normalized spacial score (nSPS) is 16.4. The molecule has 1 atom stereocenters. The van der Waals surface area contributed by atoms with Crippen LogP contribution in [-0.4, -0.2) is 45.7 Å². The lowest BCUT2D eigenvalue weighted by molar-refractivity contribution is -0.140. The van der Waals surface area contributed by atoms with E-state index in [1.54, 1.807) is 4.90 Å². The van der Waals surface area contributed by atoms with Gasteiger partial charge in [-0.3, -0.25) is 9.59 Å². The number of aromatic amines is 1. The Morgan fingerprint density at radius 2 is 1.64 bits per heavy atom. The fourth-order valence-electron chi connectivity index (χ4n) is 4.43. The van der Waals surface area contributed by atoms with E-state index < -0.39 is 6.04 Å². The smallest absolute Gasteiger partial charge is 0.271 e. The monoisotopic (exact) mass is 457 g/mol. The number of hydrogen-bond donors (Lipinski definition) is 1. The molecule has 0 bridgehead atoms. The van der Waals surface area contributed by atoms with E-state index in [9.17, 15) is 9.59 Å². The van der Waals surface area contributed by atoms with Crippen molar-refractivity contribution < 1.29 is 9.59 Å². The molecular weight excluding hydrogens is 434 g/mol. The van der Waals surface area contributed by atoms with Crippen LogP contribution in [0.25, 0.3) is 10.9 Å². The van der Waals surface area contributed by atoms with Gasteiger partial charge in [0.2, 0.25) is 5.91 Å². The molecule has 4 aromatic rings. The van der Waals surface area contributed by atoms with Crippen molar-refractivity contribution in [1.29, 1.82) is 0 Å². The van der Waals surface area contributed by atoms with Gasteiger partial charge in [-0.05, 0) is 35.4 Å². The molecule has 166 valence electrons. The summed E-state index contributed by atoms with van der Waals surface area (Å²) < 4.78 is 0. The summed E-state index contributed by atoms with van der Waals surface area (Å²) in [6.07, 6.45) is 0.438. The summed E-state index contributed by atoms with van der Waals surface area (Å²) in [7, 11) is 0. The van der Waals surface area contributed by atoms with Gasteiger partial charge < -0.3 is 14.8 Å². The molecule has 5 rings (SSSR count). The molecule has 6 heteroatoms. The van der Waals surface area contributed by atoms with Gasteiger partial charge in [-0.1, -0.05) is 72.3 Å². The van der Waals surface area contributed by atoms with Crippen molar-refractivity contribution in [2.75, 3.05) is 13.1 Å². The summed E-state index contributed by atoms with van der Waals surface area (Å²) in [6.45, 7) is 1.51. The van der Waals surface area contributed by atoms with E-state index in [1.165, 1.54) is 0 Å². The molecule has 3 aromatic carbocycles. The van der Waals surface area contributed by atoms with Crippen molar-refractivity contribution in [2.24, 2.45) is 0 Å². The average Bonchev–Trinajstić information content (AvgIpc) is 3.28. The predicted octanol–water partition coefficient (Wildman–Crippen LogP) is 4.92. The van der Waals surface area contributed by atoms with Crippen molar-refractivity contribution >= 4 is 34.3 Å². The SMILES string of the molecule is O=C1[C@H](Cc2ccc(Cl)cc2)N(C(=O)c2cc3ccccc3[nH]2)CCN1Cc1ccccc1. The number of carbonyl (C=O) groups is 2. The number of fused-ring (bicyclic) bond motifs is 1. The molecule has 1 aromatic heterocycles. The third kappa shape index (κ3) is 4.50. The molecule has 5 nitrogen and oxygen atoms in total. The molecule has 0 saturated carbocycles. The topological polar surface area (TPSA) is 56.4 Å². The van der Waals surface area contributed by atoms with E-state index in [2.05, 4.69) is 4.98 Å². The lowest BCUT2D eigenvalue weighted by Crippen LogP contribution is -2.59. The van der Waals surface area contributed by atoms with Gasteiger partial charge in [0.1, 0.15) is 11.7 Å². The molecule has 1 N–H and O–H groups in total. The van der Waals surface area contributed by atoms with Gasteiger partial charge in [0.25, 0.3) is 5.91 Å². The zero-order valence-electron chi connectivity index (χ0n) is 18.1. The van der Waals surface area contributed by atoms with Gasteiger partial charge in [-0.25, -0.2) is 0 Å². The maximum Gasteiger partial charge on any atom is 0.271 e. The first kappa shape index (κ1) is 21.3. The Morgan fingerprint density at radius 3 is 2.39 bits per heavy atom. The molecule has 0 radical (unpaired) electrons. The highest BCUT2D eigenvalue weighted by molar-refractivity contribution is 6.30. The predicted molar refractivity (Wildman–Crippen MR) is 130 cm³/mol. The van der Waals surface area contributed by atoms with Crippen molar-refractivity contribution in [2.45, 2.75) is 19.0 Å². The van der Waals surface area contributed by atoms with Crippen LogP contribution in [0.1, 0.15) is 21.6 Å². The molecule has 1 fully saturated rings. The minimum Gasteiger partial charge on any atom is -0.351 e. The zero-order chi connectivity index (χ0) is 22.8. The first-order valence-corrected chi connectivity index (χ1v) is 11.4. The van der Waals surface area contributed by atoms with Crippen LogP contribution in [0.2, 0.25) is 5.02 Å². The van der Waals surface area contributed by atoms with Gasteiger partial charge in [-0.15, -0.1) is 0 Å². The van der Waals surface area contributed by atoms with Crippen molar-refractivity contribution in [1.82, 2.24) is 14.8 Å².